The first kappa shape index (κ1) is 24.5. The van der Waals surface area contributed by atoms with Gasteiger partial charge in [0.15, 0.2) is 0 Å². The third kappa shape index (κ3) is 4.95. The summed E-state index contributed by atoms with van der Waals surface area (Å²) in [6, 6.07) is 17.4. The number of carbonyl (C=O) groups excluding carboxylic acids is 3. The van der Waals surface area contributed by atoms with Crippen molar-refractivity contribution in [3.8, 4) is 0 Å². The Morgan fingerprint density at radius 2 is 1.74 bits per heavy atom. The number of fused-ring (bicyclic) bond motifs is 2. The maximum absolute atomic E-state index is 13.9. The minimum absolute atomic E-state index is 0.245. The summed E-state index contributed by atoms with van der Waals surface area (Å²) in [4.78, 5) is 43.0. The average molecular weight is 489 g/mol. The van der Waals surface area contributed by atoms with Gasteiger partial charge in [0.2, 0.25) is 5.91 Å². The number of hydrogen-bond donors (Lipinski definition) is 1. The van der Waals surface area contributed by atoms with E-state index in [9.17, 15) is 14.4 Å². The molecule has 35 heavy (non-hydrogen) atoms. The van der Waals surface area contributed by atoms with Gasteiger partial charge in [0.25, 0.3) is 5.91 Å². The number of nitrogens with one attached hydrogen (secondary N) is 1. The summed E-state index contributed by atoms with van der Waals surface area (Å²) >= 11 is 1.45. The topological polar surface area (TPSA) is 75.7 Å². The molecule has 1 N–H and O–H groups in total. The molecular formula is C28H28N2O4S. The lowest BCUT2D eigenvalue weighted by Gasteiger charge is -2.31. The number of esters is 1. The first-order chi connectivity index (χ1) is 16.8. The van der Waals surface area contributed by atoms with Gasteiger partial charge in [-0.1, -0.05) is 36.9 Å². The zero-order chi connectivity index (χ0) is 25.1. The van der Waals surface area contributed by atoms with Crippen LogP contribution in [0.5, 0.6) is 0 Å². The second-order valence-corrected chi connectivity index (χ2v) is 9.47. The van der Waals surface area contributed by atoms with Gasteiger partial charge in [-0.3, -0.25) is 14.5 Å². The highest BCUT2D eigenvalue weighted by molar-refractivity contribution is 7.99. The summed E-state index contributed by atoms with van der Waals surface area (Å²) in [6.07, 6.45) is 0.387. The molecule has 0 fully saturated rings. The van der Waals surface area contributed by atoms with Crippen LogP contribution in [0.1, 0.15) is 52.1 Å². The molecule has 180 valence electrons. The molecule has 0 saturated heterocycles. The quantitative estimate of drug-likeness (QED) is 0.430. The molecule has 0 bridgehead atoms. The maximum Gasteiger partial charge on any atom is 0.338 e. The van der Waals surface area contributed by atoms with Crippen LogP contribution in [0.3, 0.4) is 0 Å². The summed E-state index contributed by atoms with van der Waals surface area (Å²) in [5.41, 5.74) is 4.24. The lowest BCUT2D eigenvalue weighted by molar-refractivity contribution is -0.117. The first-order valence-corrected chi connectivity index (χ1v) is 12.4. The molecule has 3 aromatic rings. The number of nitrogens with zero attached hydrogens (tertiary/aromatic N) is 1. The van der Waals surface area contributed by atoms with Crippen molar-refractivity contribution in [2.24, 2.45) is 0 Å². The second kappa shape index (κ2) is 10.4. The number of anilines is 2. The molecule has 0 saturated carbocycles. The number of carbonyl (C=O) groups is 3. The molecule has 0 aromatic heterocycles. The van der Waals surface area contributed by atoms with Crippen molar-refractivity contribution < 1.29 is 19.1 Å². The average Bonchev–Trinajstić information content (AvgIpc) is 2.96. The SMILES string of the molecule is CCOC(=O)c1ccc2c(c1)N(C(CC)C(=O)Nc1ccc(C)c(C)c1)C(=O)c1ccccc1S2. The fraction of sp³-hybridized carbons (Fsp3) is 0.250. The van der Waals surface area contributed by atoms with E-state index in [2.05, 4.69) is 5.32 Å². The molecular weight excluding hydrogens is 460 g/mol. The van der Waals surface area contributed by atoms with E-state index in [1.54, 1.807) is 25.1 Å². The first-order valence-electron chi connectivity index (χ1n) is 11.6. The highest BCUT2D eigenvalue weighted by atomic mass is 32.2. The van der Waals surface area contributed by atoms with Crippen LogP contribution in [0, 0.1) is 13.8 Å². The molecule has 1 heterocycles. The van der Waals surface area contributed by atoms with Gasteiger partial charge in [-0.2, -0.15) is 0 Å². The van der Waals surface area contributed by atoms with E-state index >= 15 is 0 Å². The highest BCUT2D eigenvalue weighted by Crippen LogP contribution is 2.43. The standard InChI is InChI=1S/C28H28N2O4S/c1-5-22(26(31)29-20-13-11-17(3)18(4)15-20)30-23-16-19(28(33)34-6-2)12-14-25(23)35-24-10-8-7-9-21(24)27(30)32/h7-16,22H,5-6H2,1-4H3,(H,29,31). The van der Waals surface area contributed by atoms with Crippen molar-refractivity contribution in [2.75, 3.05) is 16.8 Å². The third-order valence-electron chi connectivity index (χ3n) is 6.06. The van der Waals surface area contributed by atoms with E-state index in [0.717, 1.165) is 20.9 Å². The van der Waals surface area contributed by atoms with Crippen LogP contribution in [0.2, 0.25) is 0 Å². The van der Waals surface area contributed by atoms with Gasteiger partial charge in [-0.05, 0) is 80.8 Å². The van der Waals surface area contributed by atoms with E-state index in [1.807, 2.05) is 63.2 Å². The molecule has 1 unspecified atom stereocenters. The van der Waals surface area contributed by atoms with E-state index in [0.29, 0.717) is 28.9 Å². The van der Waals surface area contributed by atoms with Gasteiger partial charge in [-0.25, -0.2) is 4.79 Å². The Kier molecular flexibility index (Phi) is 7.26. The van der Waals surface area contributed by atoms with Crippen LogP contribution in [0.25, 0.3) is 0 Å². The molecule has 6 nitrogen and oxygen atoms in total. The predicted molar refractivity (Wildman–Crippen MR) is 138 cm³/mol. The Balaban J connectivity index is 1.80. The minimum atomic E-state index is -0.785. The van der Waals surface area contributed by atoms with Gasteiger partial charge in [-0.15, -0.1) is 0 Å². The van der Waals surface area contributed by atoms with Crippen LogP contribution >= 0.6 is 11.8 Å². The van der Waals surface area contributed by atoms with Crippen LogP contribution in [0.15, 0.2) is 70.5 Å². The number of rotatable bonds is 6. The number of benzene rings is 3. The molecule has 0 aliphatic carbocycles. The number of ether oxygens (including phenoxy) is 1. The van der Waals surface area contributed by atoms with Crippen LogP contribution in [-0.2, 0) is 9.53 Å². The zero-order valence-corrected chi connectivity index (χ0v) is 21.1. The van der Waals surface area contributed by atoms with E-state index in [4.69, 9.17) is 4.74 Å². The number of aryl methyl sites for hydroxylation is 2. The van der Waals surface area contributed by atoms with Crippen LogP contribution in [0.4, 0.5) is 11.4 Å². The van der Waals surface area contributed by atoms with Gasteiger partial charge in [0, 0.05) is 15.5 Å². The Hall–Kier alpha value is -3.58. The zero-order valence-electron chi connectivity index (χ0n) is 20.3. The molecule has 1 aliphatic heterocycles. The summed E-state index contributed by atoms with van der Waals surface area (Å²) < 4.78 is 5.18. The van der Waals surface area contributed by atoms with Crippen molar-refractivity contribution in [1.29, 1.82) is 0 Å². The molecule has 4 rings (SSSR count). The Labute approximate surface area is 209 Å². The van der Waals surface area contributed by atoms with Crippen molar-refractivity contribution in [3.05, 3.63) is 82.9 Å². The fourth-order valence-electron chi connectivity index (χ4n) is 4.06. The Morgan fingerprint density at radius 1 is 0.971 bits per heavy atom. The Bertz CT molecular complexity index is 1300. The van der Waals surface area contributed by atoms with Gasteiger partial charge >= 0.3 is 5.97 Å². The lowest BCUT2D eigenvalue weighted by Crippen LogP contribution is -2.47. The van der Waals surface area contributed by atoms with Gasteiger partial charge < -0.3 is 10.1 Å². The van der Waals surface area contributed by atoms with E-state index in [-0.39, 0.29) is 18.4 Å². The van der Waals surface area contributed by atoms with Crippen LogP contribution < -0.4 is 10.2 Å². The summed E-state index contributed by atoms with van der Waals surface area (Å²) in [5, 5.41) is 2.98. The Morgan fingerprint density at radius 3 is 2.46 bits per heavy atom. The van der Waals surface area contributed by atoms with Gasteiger partial charge in [0.1, 0.15) is 6.04 Å². The molecule has 7 heteroatoms. The molecule has 0 spiro atoms. The van der Waals surface area contributed by atoms with E-state index < -0.39 is 12.0 Å². The lowest BCUT2D eigenvalue weighted by atomic mass is 10.1. The van der Waals surface area contributed by atoms with E-state index in [1.165, 1.54) is 16.7 Å². The summed E-state index contributed by atoms with van der Waals surface area (Å²) in [6.45, 7) is 7.86. The summed E-state index contributed by atoms with van der Waals surface area (Å²) in [7, 11) is 0. The summed E-state index contributed by atoms with van der Waals surface area (Å²) in [5.74, 6) is -1.04. The van der Waals surface area contributed by atoms with Crippen molar-refractivity contribution in [2.45, 2.75) is 49.9 Å². The molecule has 0 radical (unpaired) electrons. The molecule has 2 amide bonds. The predicted octanol–water partition coefficient (Wildman–Crippen LogP) is 6.01. The fourth-order valence-corrected chi connectivity index (χ4v) is 5.11. The third-order valence-corrected chi connectivity index (χ3v) is 7.20. The van der Waals surface area contributed by atoms with Crippen molar-refractivity contribution >= 4 is 40.9 Å². The second-order valence-electron chi connectivity index (χ2n) is 8.39. The van der Waals surface area contributed by atoms with Crippen LogP contribution in [-0.4, -0.2) is 30.4 Å². The smallest absolute Gasteiger partial charge is 0.338 e. The number of hydrogen-bond acceptors (Lipinski definition) is 5. The normalized spacial score (nSPS) is 13.4. The largest absolute Gasteiger partial charge is 0.462 e. The van der Waals surface area contributed by atoms with Crippen molar-refractivity contribution in [1.82, 2.24) is 0 Å². The molecule has 1 atom stereocenters. The monoisotopic (exact) mass is 488 g/mol. The van der Waals surface area contributed by atoms with Gasteiger partial charge in [0.05, 0.1) is 23.4 Å². The van der Waals surface area contributed by atoms with Crippen molar-refractivity contribution in [3.63, 3.8) is 0 Å². The minimum Gasteiger partial charge on any atom is -0.462 e. The highest BCUT2D eigenvalue weighted by Gasteiger charge is 2.36. The maximum atomic E-state index is 13.9. The number of amides is 2. The molecule has 3 aromatic carbocycles. The molecule has 1 aliphatic rings.